The summed E-state index contributed by atoms with van der Waals surface area (Å²) in [7, 11) is 0. The van der Waals surface area contributed by atoms with E-state index in [1.807, 2.05) is 42.7 Å². The minimum atomic E-state index is -0.184. The highest BCUT2D eigenvalue weighted by Gasteiger charge is 2.18. The van der Waals surface area contributed by atoms with Crippen molar-refractivity contribution in [2.24, 2.45) is 0 Å². The van der Waals surface area contributed by atoms with Crippen LogP contribution < -0.4 is 14.8 Å². The van der Waals surface area contributed by atoms with Crippen LogP contribution in [0.15, 0.2) is 24.3 Å². The number of nitrogens with zero attached hydrogens (tertiary/aromatic N) is 1. The first-order valence-electron chi connectivity index (χ1n) is 7.60. The monoisotopic (exact) mass is 316 g/mol. The number of rotatable bonds is 4. The lowest BCUT2D eigenvalue weighted by Crippen LogP contribution is -2.26. The molecule has 0 saturated heterocycles. The average molecular weight is 316 g/mol. The molecule has 2 heterocycles. The molecule has 6 heteroatoms. The van der Waals surface area contributed by atoms with Crippen molar-refractivity contribution in [2.45, 2.75) is 13.8 Å². The van der Waals surface area contributed by atoms with Crippen molar-refractivity contribution < 1.29 is 19.4 Å². The van der Waals surface area contributed by atoms with E-state index in [9.17, 15) is 4.79 Å². The fraction of sp³-hybridized carbons (Fsp3) is 0.353. The van der Waals surface area contributed by atoms with Gasteiger partial charge in [0.1, 0.15) is 13.2 Å². The topological polar surface area (TPSA) is 72.7 Å². The molecule has 0 spiro atoms. The van der Waals surface area contributed by atoms with E-state index >= 15 is 0 Å². The molecular weight excluding hydrogens is 296 g/mol. The van der Waals surface area contributed by atoms with Gasteiger partial charge in [0.25, 0.3) is 5.91 Å². The third kappa shape index (κ3) is 2.90. The largest absolute Gasteiger partial charge is 0.486 e. The van der Waals surface area contributed by atoms with Crippen LogP contribution in [0.5, 0.6) is 11.5 Å². The predicted molar refractivity (Wildman–Crippen MR) is 85.7 cm³/mol. The van der Waals surface area contributed by atoms with Crippen LogP contribution in [0.1, 0.15) is 21.7 Å². The van der Waals surface area contributed by atoms with Crippen LogP contribution in [-0.4, -0.2) is 41.9 Å². The van der Waals surface area contributed by atoms with Gasteiger partial charge in [-0.05, 0) is 32.0 Å². The van der Waals surface area contributed by atoms with Crippen LogP contribution in [-0.2, 0) is 0 Å². The predicted octanol–water partition coefficient (Wildman–Crippen LogP) is 1.59. The molecule has 23 heavy (non-hydrogen) atoms. The standard InChI is InChI=1S/C17H20N2O4/c1-11-9-14(17(21)18-5-6-20)12(2)19(11)13-3-4-15-16(10-13)23-8-7-22-15/h3-4,9-10,20H,5-8H2,1-2H3,(H,18,21). The van der Waals surface area contributed by atoms with E-state index in [4.69, 9.17) is 14.6 Å². The van der Waals surface area contributed by atoms with Gasteiger partial charge < -0.3 is 24.5 Å². The van der Waals surface area contributed by atoms with Gasteiger partial charge in [-0.25, -0.2) is 0 Å². The lowest BCUT2D eigenvalue weighted by molar-refractivity contribution is 0.0944. The van der Waals surface area contributed by atoms with Crippen molar-refractivity contribution in [1.82, 2.24) is 9.88 Å². The molecule has 0 fully saturated rings. The first kappa shape index (κ1) is 15.4. The Balaban J connectivity index is 1.97. The maximum Gasteiger partial charge on any atom is 0.253 e. The van der Waals surface area contributed by atoms with E-state index in [2.05, 4.69) is 5.32 Å². The van der Waals surface area contributed by atoms with E-state index in [1.54, 1.807) is 0 Å². The molecule has 1 aromatic heterocycles. The Hall–Kier alpha value is -2.47. The molecule has 2 aromatic rings. The summed E-state index contributed by atoms with van der Waals surface area (Å²) in [5, 5.41) is 11.5. The minimum Gasteiger partial charge on any atom is -0.486 e. The highest BCUT2D eigenvalue weighted by Crippen LogP contribution is 2.33. The Morgan fingerprint density at radius 1 is 1.22 bits per heavy atom. The highest BCUT2D eigenvalue weighted by atomic mass is 16.6. The van der Waals surface area contributed by atoms with Crippen molar-refractivity contribution in [3.8, 4) is 17.2 Å². The SMILES string of the molecule is Cc1cc(C(=O)NCCO)c(C)n1-c1ccc2c(c1)OCCO2. The number of aliphatic hydroxyl groups excluding tert-OH is 1. The molecule has 0 unspecified atom stereocenters. The van der Waals surface area contributed by atoms with Crippen molar-refractivity contribution in [2.75, 3.05) is 26.4 Å². The number of fused-ring (bicyclic) bond motifs is 1. The lowest BCUT2D eigenvalue weighted by Gasteiger charge is -2.20. The average Bonchev–Trinajstić information content (AvgIpc) is 2.87. The molecule has 0 bridgehead atoms. The highest BCUT2D eigenvalue weighted by molar-refractivity contribution is 5.95. The molecule has 1 amide bonds. The van der Waals surface area contributed by atoms with Crippen LogP contribution in [0.4, 0.5) is 0 Å². The van der Waals surface area contributed by atoms with Gasteiger partial charge in [-0.1, -0.05) is 0 Å². The zero-order chi connectivity index (χ0) is 16.4. The second-order valence-electron chi connectivity index (χ2n) is 5.43. The van der Waals surface area contributed by atoms with E-state index in [-0.39, 0.29) is 19.1 Å². The van der Waals surface area contributed by atoms with E-state index < -0.39 is 0 Å². The van der Waals surface area contributed by atoms with Gasteiger partial charge in [0.15, 0.2) is 11.5 Å². The van der Waals surface area contributed by atoms with Crippen LogP contribution in [0.2, 0.25) is 0 Å². The van der Waals surface area contributed by atoms with Crippen molar-refractivity contribution in [3.63, 3.8) is 0 Å². The van der Waals surface area contributed by atoms with E-state index in [1.165, 1.54) is 0 Å². The lowest BCUT2D eigenvalue weighted by atomic mass is 10.2. The van der Waals surface area contributed by atoms with Gasteiger partial charge in [0.2, 0.25) is 0 Å². The number of carbonyl (C=O) groups is 1. The second kappa shape index (κ2) is 6.34. The maximum atomic E-state index is 12.2. The molecule has 122 valence electrons. The number of aromatic nitrogens is 1. The molecule has 1 aromatic carbocycles. The Bertz CT molecular complexity index is 736. The molecule has 1 aliphatic rings. The maximum absolute atomic E-state index is 12.2. The normalized spacial score (nSPS) is 13.0. The van der Waals surface area contributed by atoms with Gasteiger partial charge in [-0.2, -0.15) is 0 Å². The Kier molecular flexibility index (Phi) is 4.25. The molecule has 3 rings (SSSR count). The van der Waals surface area contributed by atoms with Gasteiger partial charge in [0, 0.05) is 29.7 Å². The zero-order valence-corrected chi connectivity index (χ0v) is 13.3. The fourth-order valence-corrected chi connectivity index (χ4v) is 2.83. The first-order chi connectivity index (χ1) is 11.1. The summed E-state index contributed by atoms with van der Waals surface area (Å²) in [5.74, 6) is 1.27. The Labute approximate surface area is 134 Å². The second-order valence-corrected chi connectivity index (χ2v) is 5.43. The van der Waals surface area contributed by atoms with Gasteiger partial charge in [-0.15, -0.1) is 0 Å². The van der Waals surface area contributed by atoms with E-state index in [0.717, 1.165) is 22.8 Å². The number of benzene rings is 1. The molecule has 0 radical (unpaired) electrons. The van der Waals surface area contributed by atoms with Gasteiger partial charge >= 0.3 is 0 Å². The van der Waals surface area contributed by atoms with E-state index in [0.29, 0.717) is 24.5 Å². The number of aliphatic hydroxyl groups is 1. The number of amides is 1. The number of hydrogen-bond donors (Lipinski definition) is 2. The van der Waals surface area contributed by atoms with Crippen molar-refractivity contribution in [3.05, 3.63) is 41.2 Å². The summed E-state index contributed by atoms with van der Waals surface area (Å²) in [5.41, 5.74) is 3.32. The zero-order valence-electron chi connectivity index (χ0n) is 13.3. The Morgan fingerprint density at radius 3 is 2.70 bits per heavy atom. The molecule has 0 aliphatic carbocycles. The fourth-order valence-electron chi connectivity index (χ4n) is 2.83. The molecule has 2 N–H and O–H groups in total. The summed E-state index contributed by atoms with van der Waals surface area (Å²) in [6.07, 6.45) is 0. The third-order valence-corrected chi connectivity index (χ3v) is 3.86. The smallest absolute Gasteiger partial charge is 0.253 e. The van der Waals surface area contributed by atoms with Gasteiger partial charge in [0.05, 0.1) is 12.2 Å². The molecule has 0 saturated carbocycles. The molecule has 6 nitrogen and oxygen atoms in total. The van der Waals surface area contributed by atoms with Crippen molar-refractivity contribution >= 4 is 5.91 Å². The van der Waals surface area contributed by atoms with Crippen LogP contribution >= 0.6 is 0 Å². The first-order valence-corrected chi connectivity index (χ1v) is 7.60. The minimum absolute atomic E-state index is 0.0767. The van der Waals surface area contributed by atoms with Crippen LogP contribution in [0, 0.1) is 13.8 Å². The quantitative estimate of drug-likeness (QED) is 0.898. The molecule has 1 aliphatic heterocycles. The summed E-state index contributed by atoms with van der Waals surface area (Å²) in [6.45, 7) is 5.11. The summed E-state index contributed by atoms with van der Waals surface area (Å²) in [6, 6.07) is 7.60. The summed E-state index contributed by atoms with van der Waals surface area (Å²) >= 11 is 0. The molecular formula is C17H20N2O4. The van der Waals surface area contributed by atoms with Crippen molar-refractivity contribution in [1.29, 1.82) is 0 Å². The summed E-state index contributed by atoms with van der Waals surface area (Å²) in [4.78, 5) is 12.2. The summed E-state index contributed by atoms with van der Waals surface area (Å²) < 4.78 is 13.2. The number of hydrogen-bond acceptors (Lipinski definition) is 4. The number of nitrogens with one attached hydrogen (secondary N) is 1. The van der Waals surface area contributed by atoms with Crippen LogP contribution in [0.25, 0.3) is 5.69 Å². The van der Waals surface area contributed by atoms with Crippen LogP contribution in [0.3, 0.4) is 0 Å². The number of carbonyl (C=O) groups excluding carboxylic acids is 1. The number of ether oxygens (including phenoxy) is 2. The number of aryl methyl sites for hydroxylation is 1. The Morgan fingerprint density at radius 2 is 1.96 bits per heavy atom. The third-order valence-electron chi connectivity index (χ3n) is 3.86. The van der Waals surface area contributed by atoms with Gasteiger partial charge in [-0.3, -0.25) is 4.79 Å². The molecule has 0 atom stereocenters.